The van der Waals surface area contributed by atoms with Crippen LogP contribution in [0.4, 0.5) is 5.69 Å². The maximum absolute atomic E-state index is 11.7. The van der Waals surface area contributed by atoms with Gasteiger partial charge >= 0.3 is 0 Å². The molecule has 0 saturated heterocycles. The van der Waals surface area contributed by atoms with Crippen molar-refractivity contribution in [2.45, 2.75) is 18.7 Å². The molecule has 112 valence electrons. The van der Waals surface area contributed by atoms with Crippen LogP contribution >= 0.6 is 0 Å². The van der Waals surface area contributed by atoms with Gasteiger partial charge in [-0.25, -0.2) is 13.1 Å². The minimum Gasteiger partial charge on any atom is -0.383 e. The Morgan fingerprint density at radius 1 is 1.30 bits per heavy atom. The van der Waals surface area contributed by atoms with Crippen molar-refractivity contribution in [3.05, 3.63) is 36.4 Å². The van der Waals surface area contributed by atoms with Crippen LogP contribution in [-0.2, 0) is 14.8 Å². The third kappa shape index (κ3) is 5.73. The van der Waals surface area contributed by atoms with Gasteiger partial charge in [0.1, 0.15) is 0 Å². The summed E-state index contributed by atoms with van der Waals surface area (Å²) in [4.78, 5) is 0.267. The Labute approximate surface area is 121 Å². The molecule has 1 aromatic carbocycles. The maximum atomic E-state index is 11.7. The van der Waals surface area contributed by atoms with E-state index in [0.29, 0.717) is 26.3 Å². The highest BCUT2D eigenvalue weighted by molar-refractivity contribution is 7.89. The van der Waals surface area contributed by atoms with Crippen molar-refractivity contribution in [2.75, 3.05) is 31.6 Å². The molecule has 0 heterocycles. The van der Waals surface area contributed by atoms with Gasteiger partial charge in [-0.2, -0.15) is 0 Å². The highest BCUT2D eigenvalue weighted by Gasteiger charge is 2.11. The van der Waals surface area contributed by atoms with Crippen LogP contribution in [0, 0.1) is 0 Å². The van der Waals surface area contributed by atoms with Crippen LogP contribution < -0.4 is 10.0 Å². The molecule has 0 fully saturated rings. The van der Waals surface area contributed by atoms with E-state index in [0.717, 1.165) is 11.3 Å². The molecule has 0 aliphatic rings. The van der Waals surface area contributed by atoms with Crippen LogP contribution in [0.15, 0.2) is 41.3 Å². The quantitative estimate of drug-likeness (QED) is 0.540. The van der Waals surface area contributed by atoms with E-state index in [-0.39, 0.29) is 4.90 Å². The van der Waals surface area contributed by atoms with Gasteiger partial charge in [0.05, 0.1) is 18.1 Å². The highest BCUT2D eigenvalue weighted by Crippen LogP contribution is 2.13. The molecule has 5 nitrogen and oxygen atoms in total. The molecule has 0 radical (unpaired) electrons. The molecular weight excluding hydrogens is 276 g/mol. The molecule has 0 aromatic heterocycles. The normalized spacial score (nSPS) is 11.3. The summed E-state index contributed by atoms with van der Waals surface area (Å²) in [7, 11) is -3.38. The molecule has 1 aromatic rings. The summed E-state index contributed by atoms with van der Waals surface area (Å²) in [6, 6.07) is 6.64. The second kappa shape index (κ2) is 8.04. The van der Waals surface area contributed by atoms with E-state index >= 15 is 0 Å². The van der Waals surface area contributed by atoms with Gasteiger partial charge in [0.25, 0.3) is 0 Å². The smallest absolute Gasteiger partial charge is 0.240 e. The molecule has 0 amide bonds. The second-order valence-electron chi connectivity index (χ2n) is 4.46. The molecule has 6 heteroatoms. The third-order valence-corrected chi connectivity index (χ3v) is 3.98. The number of anilines is 1. The molecule has 0 aliphatic carbocycles. The molecule has 2 N–H and O–H groups in total. The Bertz CT molecular complexity index is 524. The molecule has 0 bridgehead atoms. The molecule has 0 spiro atoms. The van der Waals surface area contributed by atoms with Gasteiger partial charge < -0.3 is 10.1 Å². The number of nitrogens with one attached hydrogen (secondary N) is 2. The number of benzene rings is 1. The van der Waals surface area contributed by atoms with Gasteiger partial charge in [-0.15, -0.1) is 0 Å². The number of sulfonamides is 1. The van der Waals surface area contributed by atoms with Crippen molar-refractivity contribution in [1.29, 1.82) is 0 Å². The Morgan fingerprint density at radius 2 is 1.95 bits per heavy atom. The van der Waals surface area contributed by atoms with Crippen LogP contribution in [0.5, 0.6) is 0 Å². The van der Waals surface area contributed by atoms with E-state index in [4.69, 9.17) is 4.74 Å². The minimum atomic E-state index is -3.38. The topological polar surface area (TPSA) is 67.4 Å². The summed E-state index contributed by atoms with van der Waals surface area (Å²) in [5.74, 6) is 0. The van der Waals surface area contributed by atoms with E-state index in [1.807, 2.05) is 6.92 Å². The van der Waals surface area contributed by atoms with E-state index in [2.05, 4.69) is 16.6 Å². The Hall–Kier alpha value is -1.37. The largest absolute Gasteiger partial charge is 0.383 e. The summed E-state index contributed by atoms with van der Waals surface area (Å²) in [5, 5.41) is 3.16. The van der Waals surface area contributed by atoms with E-state index in [1.54, 1.807) is 31.2 Å². The lowest BCUT2D eigenvalue weighted by Gasteiger charge is -2.09. The van der Waals surface area contributed by atoms with Crippen LogP contribution in [-0.4, -0.2) is 34.7 Å². The summed E-state index contributed by atoms with van der Waals surface area (Å²) in [6.07, 6.45) is 0. The molecule has 0 atom stereocenters. The lowest BCUT2D eigenvalue weighted by molar-refractivity contribution is 0.167. The van der Waals surface area contributed by atoms with Gasteiger partial charge in [-0.05, 0) is 31.2 Å². The summed E-state index contributed by atoms with van der Waals surface area (Å²) < 4.78 is 31.3. The Morgan fingerprint density at radius 3 is 2.50 bits per heavy atom. The van der Waals surface area contributed by atoms with Crippen molar-refractivity contribution in [3.63, 3.8) is 0 Å². The van der Waals surface area contributed by atoms with Gasteiger partial charge in [0, 0.05) is 18.8 Å². The van der Waals surface area contributed by atoms with Crippen LogP contribution in [0.2, 0.25) is 0 Å². The van der Waals surface area contributed by atoms with Crippen molar-refractivity contribution >= 4 is 15.7 Å². The fourth-order valence-corrected chi connectivity index (χ4v) is 2.58. The lowest BCUT2D eigenvalue weighted by Crippen LogP contribution is -2.23. The highest BCUT2D eigenvalue weighted by atomic mass is 32.2. The first-order chi connectivity index (χ1) is 9.45. The van der Waals surface area contributed by atoms with Crippen molar-refractivity contribution in [1.82, 2.24) is 4.72 Å². The molecule has 0 saturated carbocycles. The summed E-state index contributed by atoms with van der Waals surface area (Å²) >= 11 is 0. The second-order valence-corrected chi connectivity index (χ2v) is 6.23. The number of hydrogen-bond acceptors (Lipinski definition) is 4. The monoisotopic (exact) mass is 298 g/mol. The average molecular weight is 298 g/mol. The molecule has 0 unspecified atom stereocenters. The summed E-state index contributed by atoms with van der Waals surface area (Å²) in [6.45, 7) is 9.58. The van der Waals surface area contributed by atoms with Crippen molar-refractivity contribution in [2.24, 2.45) is 0 Å². The molecule has 0 aliphatic heterocycles. The maximum Gasteiger partial charge on any atom is 0.240 e. The summed E-state index contributed by atoms with van der Waals surface area (Å²) in [5.41, 5.74) is 1.85. The van der Waals surface area contributed by atoms with Crippen LogP contribution in [0.1, 0.15) is 13.8 Å². The number of ether oxygens (including phenoxy) is 1. The predicted octanol–water partition coefficient (Wildman–Crippen LogP) is 1.99. The van der Waals surface area contributed by atoms with Gasteiger partial charge in [-0.3, -0.25) is 0 Å². The van der Waals surface area contributed by atoms with E-state index in [1.165, 1.54) is 0 Å². The lowest BCUT2D eigenvalue weighted by atomic mass is 10.3. The van der Waals surface area contributed by atoms with E-state index in [9.17, 15) is 8.42 Å². The zero-order chi connectivity index (χ0) is 15.0. The molecule has 20 heavy (non-hydrogen) atoms. The fourth-order valence-electron chi connectivity index (χ4n) is 1.54. The first kappa shape index (κ1) is 16.7. The number of rotatable bonds is 9. The Kier molecular flexibility index (Phi) is 6.70. The van der Waals surface area contributed by atoms with Gasteiger partial charge in [0.2, 0.25) is 10.0 Å². The SMILES string of the molecule is C=C(C)COCCNc1ccc(S(=O)(=O)NCC)cc1. The molecular formula is C14H22N2O3S. The zero-order valence-electron chi connectivity index (χ0n) is 12.0. The van der Waals surface area contributed by atoms with E-state index < -0.39 is 10.0 Å². The van der Waals surface area contributed by atoms with Crippen LogP contribution in [0.25, 0.3) is 0 Å². The fraction of sp³-hybridized carbons (Fsp3) is 0.429. The first-order valence-electron chi connectivity index (χ1n) is 6.51. The Balaban J connectivity index is 2.45. The predicted molar refractivity (Wildman–Crippen MR) is 81.4 cm³/mol. The van der Waals surface area contributed by atoms with Gasteiger partial charge in [0.15, 0.2) is 0 Å². The standard InChI is InChI=1S/C14H22N2O3S/c1-4-16-20(17,18)14-7-5-13(6-8-14)15-9-10-19-11-12(2)3/h5-8,15-16H,2,4,9-11H2,1,3H3. The van der Waals surface area contributed by atoms with Crippen molar-refractivity contribution in [3.8, 4) is 0 Å². The molecule has 1 rings (SSSR count). The first-order valence-corrected chi connectivity index (χ1v) is 7.99. The van der Waals surface area contributed by atoms with Gasteiger partial charge in [-0.1, -0.05) is 19.1 Å². The van der Waals surface area contributed by atoms with Crippen molar-refractivity contribution < 1.29 is 13.2 Å². The minimum absolute atomic E-state index is 0.267. The average Bonchev–Trinajstić information content (AvgIpc) is 2.38. The van der Waals surface area contributed by atoms with Crippen LogP contribution in [0.3, 0.4) is 0 Å². The number of hydrogen-bond donors (Lipinski definition) is 2. The zero-order valence-corrected chi connectivity index (χ0v) is 12.8. The third-order valence-electron chi connectivity index (χ3n) is 2.42.